The fourth-order valence-corrected chi connectivity index (χ4v) is 1.92. The maximum absolute atomic E-state index is 5.85. The Morgan fingerprint density at radius 3 is 1.40 bits per heavy atom. The number of ether oxygens (including phenoxy) is 2. The fraction of sp³-hybridized carbons (Fsp3) is 1.00. The van der Waals surface area contributed by atoms with E-state index < -0.39 is 0 Å². The van der Waals surface area contributed by atoms with Gasteiger partial charge in [0.15, 0.2) is 6.29 Å². The van der Waals surface area contributed by atoms with Crippen LogP contribution in [-0.4, -0.2) is 18.5 Å². The molecule has 1 aliphatic heterocycles. The molecule has 0 radical (unpaired) electrons. The Bertz CT molecular complexity index is 188. The molecule has 0 aromatic rings. The highest BCUT2D eigenvalue weighted by molar-refractivity contribution is 4.86. The van der Waals surface area contributed by atoms with E-state index in [1.165, 1.54) is 0 Å². The van der Waals surface area contributed by atoms with E-state index in [1.807, 2.05) is 6.92 Å². The monoisotopic (exact) mass is 214 g/mol. The number of rotatable bonds is 0. The lowest BCUT2D eigenvalue weighted by molar-refractivity contribution is -0.271. The first-order valence-corrected chi connectivity index (χ1v) is 5.91. The van der Waals surface area contributed by atoms with Crippen LogP contribution in [0.1, 0.15) is 54.9 Å². The number of hydrogen-bond acceptors (Lipinski definition) is 2. The van der Waals surface area contributed by atoms with Gasteiger partial charge in [0.1, 0.15) is 0 Å². The van der Waals surface area contributed by atoms with Crippen molar-refractivity contribution < 1.29 is 9.47 Å². The van der Waals surface area contributed by atoms with Crippen LogP contribution in [0.4, 0.5) is 0 Å². The van der Waals surface area contributed by atoms with Crippen molar-refractivity contribution in [3.05, 3.63) is 0 Å². The van der Waals surface area contributed by atoms with Crippen LogP contribution < -0.4 is 0 Å². The number of hydrogen-bond donors (Lipinski definition) is 0. The molecule has 0 amide bonds. The predicted molar refractivity (Wildman–Crippen MR) is 62.7 cm³/mol. The molecule has 1 heterocycles. The predicted octanol–water partition coefficient (Wildman–Crippen LogP) is 3.60. The first kappa shape index (κ1) is 13.0. The largest absolute Gasteiger partial charge is 0.349 e. The van der Waals surface area contributed by atoms with Gasteiger partial charge in [0.2, 0.25) is 0 Å². The van der Waals surface area contributed by atoms with Gasteiger partial charge in [0.05, 0.1) is 12.2 Å². The smallest absolute Gasteiger partial charge is 0.155 e. The molecule has 0 spiro atoms. The SMILES string of the molecule is CC1OC(C(C)(C)C)CC(C(C)(C)C)O1. The summed E-state index contributed by atoms with van der Waals surface area (Å²) in [5.41, 5.74) is 0.392. The van der Waals surface area contributed by atoms with Gasteiger partial charge in [0.25, 0.3) is 0 Å². The lowest BCUT2D eigenvalue weighted by Gasteiger charge is -2.44. The minimum Gasteiger partial charge on any atom is -0.349 e. The van der Waals surface area contributed by atoms with E-state index in [1.54, 1.807) is 0 Å². The van der Waals surface area contributed by atoms with Gasteiger partial charge in [-0.05, 0) is 17.8 Å². The standard InChI is InChI=1S/C13H26O2/c1-9-14-10(12(2,3)4)8-11(15-9)13(5,6)7/h9-11H,8H2,1-7H3. The highest BCUT2D eigenvalue weighted by atomic mass is 16.7. The molecule has 0 aliphatic carbocycles. The summed E-state index contributed by atoms with van der Waals surface area (Å²) < 4.78 is 11.7. The molecule has 2 heteroatoms. The second kappa shape index (κ2) is 4.06. The van der Waals surface area contributed by atoms with Crippen molar-refractivity contribution in [2.75, 3.05) is 0 Å². The van der Waals surface area contributed by atoms with Crippen molar-refractivity contribution in [2.24, 2.45) is 10.8 Å². The normalized spacial score (nSPS) is 34.2. The Kier molecular flexibility index (Phi) is 3.52. The average molecular weight is 214 g/mol. The van der Waals surface area contributed by atoms with Crippen LogP contribution in [0.3, 0.4) is 0 Å². The van der Waals surface area contributed by atoms with Crippen LogP contribution >= 0.6 is 0 Å². The first-order valence-electron chi connectivity index (χ1n) is 5.91. The van der Waals surface area contributed by atoms with Crippen molar-refractivity contribution in [3.63, 3.8) is 0 Å². The Morgan fingerprint density at radius 2 is 1.13 bits per heavy atom. The van der Waals surface area contributed by atoms with Gasteiger partial charge in [-0.2, -0.15) is 0 Å². The van der Waals surface area contributed by atoms with Crippen LogP contribution in [-0.2, 0) is 9.47 Å². The van der Waals surface area contributed by atoms with E-state index in [0.717, 1.165) is 6.42 Å². The molecule has 1 rings (SSSR count). The van der Waals surface area contributed by atoms with Gasteiger partial charge in [0, 0.05) is 6.42 Å². The zero-order valence-electron chi connectivity index (χ0n) is 11.3. The van der Waals surface area contributed by atoms with Crippen LogP contribution in [0.25, 0.3) is 0 Å². The van der Waals surface area contributed by atoms with E-state index in [2.05, 4.69) is 41.5 Å². The summed E-state index contributed by atoms with van der Waals surface area (Å²) in [7, 11) is 0. The van der Waals surface area contributed by atoms with Crippen LogP contribution in [0.2, 0.25) is 0 Å². The molecule has 1 saturated heterocycles. The van der Waals surface area contributed by atoms with Crippen molar-refractivity contribution in [1.29, 1.82) is 0 Å². The molecule has 0 aromatic carbocycles. The van der Waals surface area contributed by atoms with Crippen LogP contribution in [0.5, 0.6) is 0 Å². The Balaban J connectivity index is 2.73. The minimum absolute atomic E-state index is 0.0767. The molecule has 0 aromatic heterocycles. The van der Waals surface area contributed by atoms with E-state index in [4.69, 9.17) is 9.47 Å². The highest BCUT2D eigenvalue weighted by Gasteiger charge is 2.39. The maximum atomic E-state index is 5.85. The van der Waals surface area contributed by atoms with Crippen LogP contribution in [0, 0.1) is 10.8 Å². The van der Waals surface area contributed by atoms with E-state index in [9.17, 15) is 0 Å². The molecule has 1 fully saturated rings. The Hall–Kier alpha value is -0.0800. The summed E-state index contributed by atoms with van der Waals surface area (Å²) in [4.78, 5) is 0. The van der Waals surface area contributed by atoms with Gasteiger partial charge in [-0.1, -0.05) is 41.5 Å². The van der Waals surface area contributed by atoms with E-state index in [-0.39, 0.29) is 17.1 Å². The fourth-order valence-electron chi connectivity index (χ4n) is 1.92. The van der Waals surface area contributed by atoms with Crippen LogP contribution in [0.15, 0.2) is 0 Å². The lowest BCUT2D eigenvalue weighted by Crippen LogP contribution is -2.47. The average Bonchev–Trinajstić information content (AvgIpc) is 1.99. The molecular formula is C13H26O2. The third kappa shape index (κ3) is 3.46. The molecule has 0 bridgehead atoms. The van der Waals surface area contributed by atoms with Gasteiger partial charge < -0.3 is 9.47 Å². The van der Waals surface area contributed by atoms with Crippen molar-refractivity contribution in [1.82, 2.24) is 0 Å². The summed E-state index contributed by atoms with van der Waals surface area (Å²) in [6.45, 7) is 15.4. The molecule has 0 N–H and O–H groups in total. The van der Waals surface area contributed by atoms with Crippen molar-refractivity contribution >= 4 is 0 Å². The summed E-state index contributed by atoms with van der Waals surface area (Å²) in [5.74, 6) is 0. The molecule has 1 aliphatic rings. The molecule has 90 valence electrons. The summed E-state index contributed by atoms with van der Waals surface area (Å²) in [5, 5.41) is 0. The zero-order valence-corrected chi connectivity index (χ0v) is 11.3. The lowest BCUT2D eigenvalue weighted by atomic mass is 9.78. The minimum atomic E-state index is -0.0767. The molecule has 2 nitrogen and oxygen atoms in total. The van der Waals surface area contributed by atoms with Crippen molar-refractivity contribution in [3.8, 4) is 0 Å². The molecular weight excluding hydrogens is 188 g/mol. The maximum Gasteiger partial charge on any atom is 0.155 e. The molecule has 15 heavy (non-hydrogen) atoms. The van der Waals surface area contributed by atoms with Gasteiger partial charge in [-0.15, -0.1) is 0 Å². The quantitative estimate of drug-likeness (QED) is 0.613. The molecule has 2 atom stereocenters. The molecule has 0 saturated carbocycles. The first-order chi connectivity index (χ1) is 6.60. The third-order valence-corrected chi connectivity index (χ3v) is 3.07. The van der Waals surface area contributed by atoms with E-state index in [0.29, 0.717) is 12.2 Å². The third-order valence-electron chi connectivity index (χ3n) is 3.07. The second-order valence-electron chi connectivity index (χ2n) is 6.78. The van der Waals surface area contributed by atoms with Gasteiger partial charge >= 0.3 is 0 Å². The van der Waals surface area contributed by atoms with E-state index >= 15 is 0 Å². The Morgan fingerprint density at radius 1 is 0.800 bits per heavy atom. The van der Waals surface area contributed by atoms with Gasteiger partial charge in [-0.25, -0.2) is 0 Å². The Labute approximate surface area is 94.3 Å². The second-order valence-corrected chi connectivity index (χ2v) is 6.78. The van der Waals surface area contributed by atoms with Gasteiger partial charge in [-0.3, -0.25) is 0 Å². The highest BCUT2D eigenvalue weighted by Crippen LogP contribution is 2.37. The summed E-state index contributed by atoms with van der Waals surface area (Å²) in [6.07, 6.45) is 1.51. The molecule has 2 unspecified atom stereocenters. The summed E-state index contributed by atoms with van der Waals surface area (Å²) >= 11 is 0. The zero-order chi connectivity index (χ0) is 11.9. The van der Waals surface area contributed by atoms with Crippen molar-refractivity contribution in [2.45, 2.75) is 73.4 Å². The topological polar surface area (TPSA) is 18.5 Å². The summed E-state index contributed by atoms with van der Waals surface area (Å²) in [6, 6.07) is 0.